The standard InChI is InChI=1S/C7H11N3O/c11-7-6-3-1-2-4-10(6)5-8-9-7/h3,8H,1-2,4-5H2,(H,9,11). The molecule has 0 aromatic heterocycles. The van der Waals surface area contributed by atoms with Crippen molar-refractivity contribution in [3.63, 3.8) is 0 Å². The Balaban J connectivity index is 2.21. The molecule has 2 aliphatic heterocycles. The van der Waals surface area contributed by atoms with Crippen LogP contribution in [0.5, 0.6) is 0 Å². The highest BCUT2D eigenvalue weighted by Crippen LogP contribution is 2.14. The van der Waals surface area contributed by atoms with Crippen LogP contribution in [0.15, 0.2) is 11.8 Å². The molecular weight excluding hydrogens is 142 g/mol. The van der Waals surface area contributed by atoms with Crippen LogP contribution >= 0.6 is 0 Å². The van der Waals surface area contributed by atoms with Gasteiger partial charge in [-0.1, -0.05) is 6.08 Å². The number of hydrogen-bond acceptors (Lipinski definition) is 3. The van der Waals surface area contributed by atoms with Crippen LogP contribution < -0.4 is 10.9 Å². The molecule has 0 unspecified atom stereocenters. The van der Waals surface area contributed by atoms with Crippen LogP contribution in [0.2, 0.25) is 0 Å². The second-order valence-corrected chi connectivity index (χ2v) is 2.78. The molecule has 1 fully saturated rings. The second kappa shape index (κ2) is 2.54. The minimum absolute atomic E-state index is 0.00375. The number of nitrogens with one attached hydrogen (secondary N) is 2. The monoisotopic (exact) mass is 153 g/mol. The SMILES string of the molecule is O=C1NNCN2CCCC=C12. The molecule has 0 aromatic carbocycles. The zero-order chi connectivity index (χ0) is 7.68. The molecule has 2 aliphatic rings. The van der Waals surface area contributed by atoms with Crippen LogP contribution in [-0.4, -0.2) is 24.0 Å². The predicted octanol–water partition coefficient (Wildman–Crippen LogP) is -0.442. The van der Waals surface area contributed by atoms with Gasteiger partial charge in [0.2, 0.25) is 0 Å². The molecule has 60 valence electrons. The molecule has 2 N–H and O–H groups in total. The van der Waals surface area contributed by atoms with E-state index in [0.29, 0.717) is 0 Å². The molecule has 2 heterocycles. The van der Waals surface area contributed by atoms with Crippen molar-refractivity contribution in [1.29, 1.82) is 0 Å². The number of allylic oxidation sites excluding steroid dienone is 1. The summed E-state index contributed by atoms with van der Waals surface area (Å²) in [6.07, 6.45) is 4.18. The Kier molecular flexibility index (Phi) is 1.54. The Bertz CT molecular complexity index is 212. The molecule has 0 aromatic rings. The van der Waals surface area contributed by atoms with E-state index in [1.807, 2.05) is 6.08 Å². The lowest BCUT2D eigenvalue weighted by atomic mass is 10.1. The Morgan fingerprint density at radius 2 is 2.45 bits per heavy atom. The summed E-state index contributed by atoms with van der Waals surface area (Å²) in [7, 11) is 0. The summed E-state index contributed by atoms with van der Waals surface area (Å²) in [5.74, 6) is -0.00375. The molecule has 0 bridgehead atoms. The number of fused-ring (bicyclic) bond motifs is 1. The van der Waals surface area contributed by atoms with Gasteiger partial charge in [-0.15, -0.1) is 0 Å². The molecular formula is C7H11N3O. The van der Waals surface area contributed by atoms with Gasteiger partial charge in [-0.2, -0.15) is 0 Å². The van der Waals surface area contributed by atoms with Crippen molar-refractivity contribution in [1.82, 2.24) is 15.8 Å². The fourth-order valence-electron chi connectivity index (χ4n) is 1.45. The van der Waals surface area contributed by atoms with Crippen molar-refractivity contribution in [2.75, 3.05) is 13.2 Å². The zero-order valence-electron chi connectivity index (χ0n) is 6.26. The van der Waals surface area contributed by atoms with E-state index in [1.54, 1.807) is 0 Å². The topological polar surface area (TPSA) is 44.4 Å². The third-order valence-electron chi connectivity index (χ3n) is 2.02. The number of hydrogen-bond donors (Lipinski definition) is 2. The van der Waals surface area contributed by atoms with Gasteiger partial charge in [0.1, 0.15) is 5.70 Å². The first-order chi connectivity index (χ1) is 5.38. The van der Waals surface area contributed by atoms with Gasteiger partial charge in [-0.05, 0) is 12.8 Å². The van der Waals surface area contributed by atoms with Crippen LogP contribution in [0.4, 0.5) is 0 Å². The molecule has 2 rings (SSSR count). The van der Waals surface area contributed by atoms with Gasteiger partial charge in [0.15, 0.2) is 0 Å². The van der Waals surface area contributed by atoms with Gasteiger partial charge in [-0.3, -0.25) is 10.2 Å². The third kappa shape index (κ3) is 1.09. The van der Waals surface area contributed by atoms with Crippen molar-refractivity contribution in [2.45, 2.75) is 12.8 Å². The van der Waals surface area contributed by atoms with E-state index in [1.165, 1.54) is 0 Å². The van der Waals surface area contributed by atoms with E-state index in [-0.39, 0.29) is 5.91 Å². The fraction of sp³-hybridized carbons (Fsp3) is 0.571. The van der Waals surface area contributed by atoms with Crippen LogP contribution in [0, 0.1) is 0 Å². The molecule has 1 amide bonds. The lowest BCUT2D eigenvalue weighted by molar-refractivity contribution is -0.122. The lowest BCUT2D eigenvalue weighted by Gasteiger charge is -2.33. The van der Waals surface area contributed by atoms with E-state index < -0.39 is 0 Å². The smallest absolute Gasteiger partial charge is 0.281 e. The maximum Gasteiger partial charge on any atom is 0.281 e. The Hall–Kier alpha value is -1.03. The normalized spacial score (nSPS) is 23.8. The molecule has 4 heteroatoms. The van der Waals surface area contributed by atoms with Gasteiger partial charge in [0, 0.05) is 6.54 Å². The highest BCUT2D eigenvalue weighted by Gasteiger charge is 2.23. The summed E-state index contributed by atoms with van der Waals surface area (Å²) in [4.78, 5) is 13.2. The average Bonchev–Trinajstić information content (AvgIpc) is 2.06. The molecule has 11 heavy (non-hydrogen) atoms. The second-order valence-electron chi connectivity index (χ2n) is 2.78. The van der Waals surface area contributed by atoms with Crippen LogP contribution in [0.25, 0.3) is 0 Å². The van der Waals surface area contributed by atoms with Gasteiger partial charge in [0.25, 0.3) is 5.91 Å². The molecule has 0 atom stereocenters. The van der Waals surface area contributed by atoms with Gasteiger partial charge in [0.05, 0.1) is 6.67 Å². The van der Waals surface area contributed by atoms with E-state index in [9.17, 15) is 4.79 Å². The summed E-state index contributed by atoms with van der Waals surface area (Å²) in [5.41, 5.74) is 6.23. The van der Waals surface area contributed by atoms with Gasteiger partial charge < -0.3 is 4.90 Å². The summed E-state index contributed by atoms with van der Waals surface area (Å²) in [6.45, 7) is 1.73. The number of rotatable bonds is 0. The number of amides is 1. The van der Waals surface area contributed by atoms with E-state index in [0.717, 1.165) is 31.8 Å². The van der Waals surface area contributed by atoms with Gasteiger partial charge in [-0.25, -0.2) is 5.43 Å². The molecule has 0 radical (unpaired) electrons. The van der Waals surface area contributed by atoms with Crippen molar-refractivity contribution in [2.24, 2.45) is 0 Å². The minimum Gasteiger partial charge on any atom is -0.353 e. The highest BCUT2D eigenvalue weighted by molar-refractivity contribution is 5.93. The van der Waals surface area contributed by atoms with Crippen molar-refractivity contribution >= 4 is 5.91 Å². The molecule has 0 aliphatic carbocycles. The number of carbonyl (C=O) groups excluding carboxylic acids is 1. The van der Waals surface area contributed by atoms with E-state index in [4.69, 9.17) is 0 Å². The average molecular weight is 153 g/mol. The first-order valence-corrected chi connectivity index (χ1v) is 3.86. The van der Waals surface area contributed by atoms with Crippen molar-refractivity contribution in [3.05, 3.63) is 11.8 Å². The summed E-state index contributed by atoms with van der Waals surface area (Å²) < 4.78 is 0. The van der Waals surface area contributed by atoms with Crippen LogP contribution in [-0.2, 0) is 4.79 Å². The van der Waals surface area contributed by atoms with Gasteiger partial charge >= 0.3 is 0 Å². The van der Waals surface area contributed by atoms with E-state index in [2.05, 4.69) is 15.8 Å². The maximum atomic E-state index is 11.1. The zero-order valence-corrected chi connectivity index (χ0v) is 6.26. The summed E-state index contributed by atoms with van der Waals surface area (Å²) in [5, 5.41) is 0. The lowest BCUT2D eigenvalue weighted by Crippen LogP contribution is -2.54. The van der Waals surface area contributed by atoms with E-state index >= 15 is 0 Å². The first-order valence-electron chi connectivity index (χ1n) is 3.86. The summed E-state index contributed by atoms with van der Waals surface area (Å²) >= 11 is 0. The largest absolute Gasteiger partial charge is 0.353 e. The molecule has 1 saturated heterocycles. The summed E-state index contributed by atoms with van der Waals surface area (Å²) in [6, 6.07) is 0. The van der Waals surface area contributed by atoms with Crippen LogP contribution in [0.1, 0.15) is 12.8 Å². The Morgan fingerprint density at radius 1 is 1.55 bits per heavy atom. The molecule has 4 nitrogen and oxygen atoms in total. The third-order valence-corrected chi connectivity index (χ3v) is 2.02. The van der Waals surface area contributed by atoms with Crippen molar-refractivity contribution in [3.8, 4) is 0 Å². The highest BCUT2D eigenvalue weighted by atomic mass is 16.2. The first kappa shape index (κ1) is 6.67. The maximum absolute atomic E-state index is 11.1. The predicted molar refractivity (Wildman–Crippen MR) is 40.2 cm³/mol. The quantitative estimate of drug-likeness (QED) is 0.496. The Labute approximate surface area is 65.2 Å². The minimum atomic E-state index is -0.00375. The number of hydrazine groups is 1. The Morgan fingerprint density at radius 3 is 3.27 bits per heavy atom. The van der Waals surface area contributed by atoms with Crippen molar-refractivity contribution < 1.29 is 4.79 Å². The molecule has 0 saturated carbocycles. The number of carbonyl (C=O) groups is 1. The van der Waals surface area contributed by atoms with Crippen LogP contribution in [0.3, 0.4) is 0 Å². The fourth-order valence-corrected chi connectivity index (χ4v) is 1.45. The number of nitrogens with zero attached hydrogens (tertiary/aromatic N) is 1. The molecule has 0 spiro atoms.